The molecule has 2 rings (SSSR count). The van der Waals surface area contributed by atoms with Crippen molar-refractivity contribution in [3.63, 3.8) is 0 Å². The van der Waals surface area contributed by atoms with E-state index in [1.54, 1.807) is 24.4 Å². The van der Waals surface area contributed by atoms with E-state index < -0.39 is 6.61 Å². The van der Waals surface area contributed by atoms with Gasteiger partial charge in [0.2, 0.25) is 0 Å². The molecule has 0 saturated carbocycles. The highest BCUT2D eigenvalue weighted by atomic mass is 19.3. The number of rotatable bonds is 6. The maximum Gasteiger partial charge on any atom is 0.387 e. The van der Waals surface area contributed by atoms with Gasteiger partial charge in [0.05, 0.1) is 5.69 Å². The molecule has 6 heteroatoms. The maximum absolute atomic E-state index is 12.4. The zero-order valence-corrected chi connectivity index (χ0v) is 11.9. The summed E-state index contributed by atoms with van der Waals surface area (Å²) in [5.41, 5.74) is 1.49. The van der Waals surface area contributed by atoms with Gasteiger partial charge < -0.3 is 15.0 Å². The van der Waals surface area contributed by atoms with E-state index in [0.29, 0.717) is 12.1 Å². The fourth-order valence-electron chi connectivity index (χ4n) is 1.94. The van der Waals surface area contributed by atoms with E-state index in [4.69, 9.17) is 0 Å². The maximum atomic E-state index is 12.4. The topological polar surface area (TPSA) is 37.4 Å². The van der Waals surface area contributed by atoms with Gasteiger partial charge in [-0.3, -0.25) is 0 Å². The van der Waals surface area contributed by atoms with Gasteiger partial charge in [0.1, 0.15) is 5.75 Å². The predicted octanol–water partition coefficient (Wildman–Crippen LogP) is 3.36. The summed E-state index contributed by atoms with van der Waals surface area (Å²) in [6, 6.07) is 10.4. The highest BCUT2D eigenvalue weighted by Crippen LogP contribution is 2.24. The number of ether oxygens (including phenoxy) is 1. The van der Waals surface area contributed by atoms with Crippen molar-refractivity contribution in [2.45, 2.75) is 13.2 Å². The fraction of sp³-hybridized carbons (Fsp3) is 0.267. The Morgan fingerprint density at radius 3 is 2.67 bits per heavy atom. The Balaban J connectivity index is 2.14. The second kappa shape index (κ2) is 6.88. The predicted molar refractivity (Wildman–Crippen MR) is 79.0 cm³/mol. The van der Waals surface area contributed by atoms with Crippen molar-refractivity contribution < 1.29 is 13.5 Å². The molecule has 0 amide bonds. The van der Waals surface area contributed by atoms with E-state index in [-0.39, 0.29) is 5.75 Å². The van der Waals surface area contributed by atoms with Crippen LogP contribution in [0.2, 0.25) is 0 Å². The zero-order chi connectivity index (χ0) is 15.2. The molecule has 0 bridgehead atoms. The summed E-state index contributed by atoms with van der Waals surface area (Å²) in [6.45, 7) is -2.46. The Kier molecular flexibility index (Phi) is 4.92. The summed E-state index contributed by atoms with van der Waals surface area (Å²) in [4.78, 5) is 6.15. The third-order valence-corrected chi connectivity index (χ3v) is 2.87. The molecular formula is C15H17F2N3O. The SMILES string of the molecule is CN(C)c1ncccc1NCc1ccccc1OC(F)F. The molecule has 0 unspecified atom stereocenters. The van der Waals surface area contributed by atoms with Crippen LogP contribution in [-0.2, 0) is 6.54 Å². The van der Waals surface area contributed by atoms with Crippen LogP contribution in [0.4, 0.5) is 20.3 Å². The van der Waals surface area contributed by atoms with Crippen LogP contribution in [0.15, 0.2) is 42.6 Å². The van der Waals surface area contributed by atoms with Crippen LogP contribution in [0.3, 0.4) is 0 Å². The first-order chi connectivity index (χ1) is 10.1. The normalized spacial score (nSPS) is 10.5. The third-order valence-electron chi connectivity index (χ3n) is 2.87. The smallest absolute Gasteiger partial charge is 0.387 e. The van der Waals surface area contributed by atoms with E-state index >= 15 is 0 Å². The summed E-state index contributed by atoms with van der Waals surface area (Å²) < 4.78 is 29.3. The summed E-state index contributed by atoms with van der Waals surface area (Å²) in [6.07, 6.45) is 1.70. The Labute approximate surface area is 122 Å². The van der Waals surface area contributed by atoms with Crippen molar-refractivity contribution in [1.82, 2.24) is 4.98 Å². The van der Waals surface area contributed by atoms with E-state index in [1.165, 1.54) is 6.07 Å². The lowest BCUT2D eigenvalue weighted by atomic mass is 10.2. The van der Waals surface area contributed by atoms with Gasteiger partial charge >= 0.3 is 6.61 Å². The van der Waals surface area contributed by atoms with Crippen LogP contribution in [0.1, 0.15) is 5.56 Å². The highest BCUT2D eigenvalue weighted by Gasteiger charge is 2.10. The van der Waals surface area contributed by atoms with Gasteiger partial charge in [-0.25, -0.2) is 4.98 Å². The Hall–Kier alpha value is -2.37. The first kappa shape index (κ1) is 15.0. The number of pyridine rings is 1. The van der Waals surface area contributed by atoms with Crippen molar-refractivity contribution in [1.29, 1.82) is 0 Å². The zero-order valence-electron chi connectivity index (χ0n) is 11.9. The molecule has 0 aliphatic carbocycles. The average Bonchev–Trinajstić information content (AvgIpc) is 2.46. The van der Waals surface area contributed by atoms with Crippen LogP contribution in [-0.4, -0.2) is 25.7 Å². The molecule has 1 N–H and O–H groups in total. The summed E-state index contributed by atoms with van der Waals surface area (Å²) in [5, 5.41) is 3.20. The van der Waals surface area contributed by atoms with Gasteiger partial charge in [-0.2, -0.15) is 8.78 Å². The second-order valence-electron chi connectivity index (χ2n) is 4.61. The first-order valence-electron chi connectivity index (χ1n) is 6.47. The Morgan fingerprint density at radius 2 is 1.95 bits per heavy atom. The van der Waals surface area contributed by atoms with E-state index in [9.17, 15) is 8.78 Å². The number of para-hydroxylation sites is 1. The molecule has 4 nitrogen and oxygen atoms in total. The molecule has 0 fully saturated rings. The van der Waals surface area contributed by atoms with E-state index in [1.807, 2.05) is 31.1 Å². The van der Waals surface area contributed by atoms with Gasteiger partial charge in [0.15, 0.2) is 5.82 Å². The lowest BCUT2D eigenvalue weighted by molar-refractivity contribution is -0.0504. The molecule has 1 aromatic heterocycles. The molecule has 21 heavy (non-hydrogen) atoms. The lowest BCUT2D eigenvalue weighted by Gasteiger charge is -2.17. The van der Waals surface area contributed by atoms with Crippen LogP contribution in [0.5, 0.6) is 5.75 Å². The van der Waals surface area contributed by atoms with Crippen molar-refractivity contribution in [3.05, 3.63) is 48.2 Å². The number of hydrogen-bond donors (Lipinski definition) is 1. The van der Waals surface area contributed by atoms with Gasteiger partial charge in [0.25, 0.3) is 0 Å². The summed E-state index contributed by atoms with van der Waals surface area (Å²) in [5.74, 6) is 0.958. The van der Waals surface area contributed by atoms with Gasteiger partial charge in [-0.05, 0) is 18.2 Å². The second-order valence-corrected chi connectivity index (χ2v) is 4.61. The third kappa shape index (κ3) is 4.05. The summed E-state index contributed by atoms with van der Waals surface area (Å²) >= 11 is 0. The minimum Gasteiger partial charge on any atom is -0.434 e. The molecule has 1 heterocycles. The van der Waals surface area contributed by atoms with E-state index in [0.717, 1.165) is 11.5 Å². The number of benzene rings is 1. The summed E-state index contributed by atoms with van der Waals surface area (Å²) in [7, 11) is 3.78. The van der Waals surface area contributed by atoms with Crippen LogP contribution >= 0.6 is 0 Å². The lowest BCUT2D eigenvalue weighted by Crippen LogP contribution is -2.14. The van der Waals surface area contributed by atoms with Gasteiger partial charge in [0, 0.05) is 32.4 Å². The van der Waals surface area contributed by atoms with Crippen LogP contribution < -0.4 is 15.0 Å². The number of nitrogens with one attached hydrogen (secondary N) is 1. The molecule has 1 aromatic carbocycles. The Bertz CT molecular complexity index is 591. The minimum atomic E-state index is -2.83. The Morgan fingerprint density at radius 1 is 1.19 bits per heavy atom. The molecule has 0 aliphatic heterocycles. The van der Waals surface area contributed by atoms with Crippen LogP contribution in [0.25, 0.3) is 0 Å². The number of nitrogens with zero attached hydrogens (tertiary/aromatic N) is 2. The number of aromatic nitrogens is 1. The minimum absolute atomic E-state index is 0.176. The van der Waals surface area contributed by atoms with Gasteiger partial charge in [-0.1, -0.05) is 18.2 Å². The van der Waals surface area contributed by atoms with Gasteiger partial charge in [-0.15, -0.1) is 0 Å². The molecule has 2 aromatic rings. The standard InChI is InChI=1S/C15H17F2N3O/c1-20(2)14-12(7-5-9-18-14)19-10-11-6-3-4-8-13(11)21-15(16)17/h3-9,15,19H,10H2,1-2H3. The number of alkyl halides is 2. The average molecular weight is 293 g/mol. The molecule has 0 atom stereocenters. The largest absolute Gasteiger partial charge is 0.434 e. The van der Waals surface area contributed by atoms with Crippen LogP contribution in [0, 0.1) is 0 Å². The molecule has 0 spiro atoms. The highest BCUT2D eigenvalue weighted by molar-refractivity contribution is 5.64. The molecule has 0 saturated heterocycles. The van der Waals surface area contributed by atoms with Crippen molar-refractivity contribution in [3.8, 4) is 5.75 Å². The first-order valence-corrected chi connectivity index (χ1v) is 6.47. The molecule has 0 radical (unpaired) electrons. The number of hydrogen-bond acceptors (Lipinski definition) is 4. The van der Waals surface area contributed by atoms with E-state index in [2.05, 4.69) is 15.0 Å². The fourth-order valence-corrected chi connectivity index (χ4v) is 1.94. The number of halogens is 2. The monoisotopic (exact) mass is 293 g/mol. The molecule has 112 valence electrons. The van der Waals surface area contributed by atoms with Crippen molar-refractivity contribution >= 4 is 11.5 Å². The molecule has 0 aliphatic rings. The number of anilines is 2. The van der Waals surface area contributed by atoms with Crippen molar-refractivity contribution in [2.24, 2.45) is 0 Å². The molecular weight excluding hydrogens is 276 g/mol. The van der Waals surface area contributed by atoms with Crippen molar-refractivity contribution in [2.75, 3.05) is 24.3 Å². The quantitative estimate of drug-likeness (QED) is 0.886.